The number of amides is 1. The van der Waals surface area contributed by atoms with E-state index >= 15 is 0 Å². The average Bonchev–Trinajstić information content (AvgIpc) is 3.19. The first-order valence-electron chi connectivity index (χ1n) is 9.82. The third-order valence-corrected chi connectivity index (χ3v) is 5.39. The monoisotopic (exact) mass is 395 g/mol. The molecule has 1 atom stereocenters. The Kier molecular flexibility index (Phi) is 4.41. The number of aromatic nitrogens is 3. The second kappa shape index (κ2) is 7.24. The molecule has 0 radical (unpaired) electrons. The van der Waals surface area contributed by atoms with Gasteiger partial charge in [0.2, 0.25) is 0 Å². The summed E-state index contributed by atoms with van der Waals surface area (Å²) in [6, 6.07) is 13.8. The van der Waals surface area contributed by atoms with Gasteiger partial charge in [-0.3, -0.25) is 9.48 Å². The van der Waals surface area contributed by atoms with Crippen LogP contribution in [-0.4, -0.2) is 26.7 Å². The molecule has 6 nitrogen and oxygen atoms in total. The molecule has 2 aromatic carbocycles. The number of benzene rings is 2. The van der Waals surface area contributed by atoms with E-state index < -0.39 is 0 Å². The predicted octanol–water partition coefficient (Wildman–Crippen LogP) is 3.78. The molecule has 148 valence electrons. The van der Waals surface area contributed by atoms with Crippen LogP contribution in [0.15, 0.2) is 67.1 Å². The standard InChI is InChI=1S/C24H21N5O/c1-29-14-21(13-27-29)16-3-5-19-12-26-23(11-20(19)9-16)28-24(30)18-4-2-17-10-22(25)7-6-15(17)8-18/h2-9,11-14,22H,10,25H2,1H3,(H,26,28,30). The van der Waals surface area contributed by atoms with Crippen molar-refractivity contribution in [2.45, 2.75) is 12.5 Å². The van der Waals surface area contributed by atoms with Crippen molar-refractivity contribution in [3.8, 4) is 11.1 Å². The van der Waals surface area contributed by atoms with Crippen LogP contribution in [-0.2, 0) is 13.5 Å². The first kappa shape index (κ1) is 18.3. The maximum absolute atomic E-state index is 12.8. The lowest BCUT2D eigenvalue weighted by atomic mass is 9.93. The van der Waals surface area contributed by atoms with Crippen LogP contribution in [0, 0.1) is 0 Å². The van der Waals surface area contributed by atoms with Gasteiger partial charge in [-0.05, 0) is 52.8 Å². The Balaban J connectivity index is 1.41. The minimum absolute atomic E-state index is 0.0375. The molecule has 0 spiro atoms. The van der Waals surface area contributed by atoms with E-state index in [4.69, 9.17) is 5.73 Å². The Morgan fingerprint density at radius 2 is 2.00 bits per heavy atom. The maximum atomic E-state index is 12.8. The van der Waals surface area contributed by atoms with E-state index in [0.29, 0.717) is 11.4 Å². The zero-order chi connectivity index (χ0) is 20.7. The molecule has 6 heteroatoms. The van der Waals surface area contributed by atoms with Gasteiger partial charge in [-0.1, -0.05) is 30.4 Å². The summed E-state index contributed by atoms with van der Waals surface area (Å²) < 4.78 is 1.78. The van der Waals surface area contributed by atoms with Crippen molar-refractivity contribution in [2.24, 2.45) is 12.8 Å². The molecule has 0 saturated carbocycles. The van der Waals surface area contributed by atoms with Crippen molar-refractivity contribution in [1.82, 2.24) is 14.8 Å². The first-order chi connectivity index (χ1) is 14.5. The number of aryl methyl sites for hydroxylation is 1. The second-order valence-electron chi connectivity index (χ2n) is 7.63. The van der Waals surface area contributed by atoms with Crippen LogP contribution < -0.4 is 11.1 Å². The predicted molar refractivity (Wildman–Crippen MR) is 119 cm³/mol. The summed E-state index contributed by atoms with van der Waals surface area (Å²) in [7, 11) is 1.90. The minimum Gasteiger partial charge on any atom is -0.324 e. The second-order valence-corrected chi connectivity index (χ2v) is 7.63. The summed E-state index contributed by atoms with van der Waals surface area (Å²) in [5.74, 6) is 0.336. The summed E-state index contributed by atoms with van der Waals surface area (Å²) in [6.07, 6.45) is 10.3. The quantitative estimate of drug-likeness (QED) is 0.553. The largest absolute Gasteiger partial charge is 0.324 e. The molecule has 0 saturated heterocycles. The van der Waals surface area contributed by atoms with Gasteiger partial charge >= 0.3 is 0 Å². The van der Waals surface area contributed by atoms with Crippen molar-refractivity contribution in [3.05, 3.63) is 83.8 Å². The average molecular weight is 395 g/mol. The summed E-state index contributed by atoms with van der Waals surface area (Å²) in [6.45, 7) is 0. The molecular formula is C24H21N5O. The van der Waals surface area contributed by atoms with Crippen LogP contribution in [0.2, 0.25) is 0 Å². The Bertz CT molecular complexity index is 1300. The highest BCUT2D eigenvalue weighted by atomic mass is 16.1. The molecule has 3 N–H and O–H groups in total. The van der Waals surface area contributed by atoms with Gasteiger partial charge in [0.1, 0.15) is 5.82 Å². The Labute approximate surface area is 174 Å². The third kappa shape index (κ3) is 3.49. The first-order valence-corrected chi connectivity index (χ1v) is 9.82. The molecule has 0 fully saturated rings. The molecule has 4 aromatic rings. The topological polar surface area (TPSA) is 85.8 Å². The van der Waals surface area contributed by atoms with Gasteiger partial charge in [0.05, 0.1) is 6.20 Å². The van der Waals surface area contributed by atoms with Crippen LogP contribution in [0.1, 0.15) is 21.5 Å². The number of nitrogens with one attached hydrogen (secondary N) is 1. The van der Waals surface area contributed by atoms with Gasteiger partial charge in [0.15, 0.2) is 0 Å². The van der Waals surface area contributed by atoms with E-state index in [1.807, 2.05) is 68.0 Å². The minimum atomic E-state index is -0.184. The van der Waals surface area contributed by atoms with Gasteiger partial charge in [-0.2, -0.15) is 5.10 Å². The van der Waals surface area contributed by atoms with Crippen molar-refractivity contribution >= 4 is 28.6 Å². The van der Waals surface area contributed by atoms with E-state index in [2.05, 4.69) is 21.5 Å². The molecule has 5 rings (SSSR count). The Morgan fingerprint density at radius 1 is 1.10 bits per heavy atom. The van der Waals surface area contributed by atoms with E-state index in [1.165, 1.54) is 0 Å². The lowest BCUT2D eigenvalue weighted by Gasteiger charge is -2.16. The highest BCUT2D eigenvalue weighted by Crippen LogP contribution is 2.26. The zero-order valence-electron chi connectivity index (χ0n) is 16.5. The number of nitrogens with two attached hydrogens (primary N) is 1. The van der Waals surface area contributed by atoms with Gasteiger partial charge in [0, 0.05) is 42.0 Å². The molecule has 1 aliphatic rings. The summed E-state index contributed by atoms with van der Waals surface area (Å²) in [5, 5.41) is 9.16. The molecule has 1 unspecified atom stereocenters. The van der Waals surface area contributed by atoms with Crippen molar-refractivity contribution in [3.63, 3.8) is 0 Å². The Morgan fingerprint density at radius 3 is 2.83 bits per heavy atom. The van der Waals surface area contributed by atoms with Crippen LogP contribution in [0.4, 0.5) is 5.82 Å². The molecule has 30 heavy (non-hydrogen) atoms. The zero-order valence-corrected chi connectivity index (χ0v) is 16.5. The van der Waals surface area contributed by atoms with Gasteiger partial charge in [-0.25, -0.2) is 4.98 Å². The number of carbonyl (C=O) groups excluding carboxylic acids is 1. The van der Waals surface area contributed by atoms with Crippen molar-refractivity contribution in [2.75, 3.05) is 5.32 Å². The van der Waals surface area contributed by atoms with Crippen molar-refractivity contribution < 1.29 is 4.79 Å². The van der Waals surface area contributed by atoms with Crippen LogP contribution in [0.25, 0.3) is 28.0 Å². The lowest BCUT2D eigenvalue weighted by Crippen LogP contribution is -2.23. The van der Waals surface area contributed by atoms with Gasteiger partial charge < -0.3 is 11.1 Å². The van der Waals surface area contributed by atoms with E-state index in [1.54, 1.807) is 10.9 Å². The number of carbonyl (C=O) groups is 1. The maximum Gasteiger partial charge on any atom is 0.256 e. The number of hydrogen-bond acceptors (Lipinski definition) is 4. The smallest absolute Gasteiger partial charge is 0.256 e. The van der Waals surface area contributed by atoms with E-state index in [0.717, 1.165) is 39.4 Å². The van der Waals surface area contributed by atoms with Crippen LogP contribution >= 0.6 is 0 Å². The number of rotatable bonds is 3. The molecule has 0 bridgehead atoms. The third-order valence-electron chi connectivity index (χ3n) is 5.39. The lowest BCUT2D eigenvalue weighted by molar-refractivity contribution is 0.102. The molecule has 2 heterocycles. The van der Waals surface area contributed by atoms with Crippen LogP contribution in [0.5, 0.6) is 0 Å². The van der Waals surface area contributed by atoms with Gasteiger partial charge in [0.25, 0.3) is 5.91 Å². The summed E-state index contributed by atoms with van der Waals surface area (Å²) in [4.78, 5) is 17.2. The molecule has 1 amide bonds. The molecule has 0 aliphatic heterocycles. The molecule has 1 aliphatic carbocycles. The van der Waals surface area contributed by atoms with E-state index in [9.17, 15) is 4.79 Å². The fraction of sp³-hybridized carbons (Fsp3) is 0.125. The van der Waals surface area contributed by atoms with Crippen LogP contribution in [0.3, 0.4) is 0 Å². The number of hydrogen-bond donors (Lipinski definition) is 2. The van der Waals surface area contributed by atoms with Crippen molar-refractivity contribution in [1.29, 1.82) is 0 Å². The fourth-order valence-electron chi connectivity index (χ4n) is 3.77. The normalized spacial score (nSPS) is 15.2. The fourth-order valence-corrected chi connectivity index (χ4v) is 3.77. The SMILES string of the molecule is Cn1cc(-c2ccc3cnc(NC(=O)c4ccc5c(c4)C=CC(N)C5)cc3c2)cn1. The summed E-state index contributed by atoms with van der Waals surface area (Å²) >= 11 is 0. The Hall–Kier alpha value is -3.77. The molecule has 2 aromatic heterocycles. The summed E-state index contributed by atoms with van der Waals surface area (Å²) in [5.41, 5.74) is 10.9. The number of fused-ring (bicyclic) bond motifs is 2. The highest BCUT2D eigenvalue weighted by molar-refractivity contribution is 6.05. The number of anilines is 1. The number of nitrogens with zero attached hydrogens (tertiary/aromatic N) is 3. The number of pyridine rings is 1. The highest BCUT2D eigenvalue weighted by Gasteiger charge is 2.14. The van der Waals surface area contributed by atoms with E-state index in [-0.39, 0.29) is 11.9 Å². The van der Waals surface area contributed by atoms with Gasteiger partial charge in [-0.15, -0.1) is 0 Å². The molecular weight excluding hydrogens is 374 g/mol.